The van der Waals surface area contributed by atoms with Crippen LogP contribution in [0.15, 0.2) is 12.1 Å². The molecule has 0 aliphatic carbocycles. The lowest BCUT2D eigenvalue weighted by Crippen LogP contribution is -2.31. The van der Waals surface area contributed by atoms with E-state index in [0.29, 0.717) is 25.1 Å². The van der Waals surface area contributed by atoms with Crippen molar-refractivity contribution in [2.45, 2.75) is 19.4 Å². The topological polar surface area (TPSA) is 38.3 Å². The van der Waals surface area contributed by atoms with Gasteiger partial charge >= 0.3 is 5.97 Å². The summed E-state index contributed by atoms with van der Waals surface area (Å²) in [6, 6.07) is -0.0755. The Kier molecular flexibility index (Phi) is 5.15. The average Bonchev–Trinajstić information content (AvgIpc) is 2.35. The minimum absolute atomic E-state index is 0.269. The van der Waals surface area contributed by atoms with Crippen LogP contribution in [0.3, 0.4) is 0 Å². The second-order valence-corrected chi connectivity index (χ2v) is 3.70. The van der Waals surface area contributed by atoms with Gasteiger partial charge in [-0.2, -0.15) is 0 Å². The number of hydrogen-bond donors (Lipinski definition) is 1. The van der Waals surface area contributed by atoms with E-state index in [1.165, 1.54) is 0 Å². The first-order valence-corrected chi connectivity index (χ1v) is 5.46. The van der Waals surface area contributed by atoms with Crippen molar-refractivity contribution in [1.82, 2.24) is 5.32 Å². The minimum atomic E-state index is -1.30. The number of ether oxygens (including phenoxy) is 1. The molecular formula is C12H14F3NO2. The highest BCUT2D eigenvalue weighted by atomic mass is 19.2. The summed E-state index contributed by atoms with van der Waals surface area (Å²) >= 11 is 0. The summed E-state index contributed by atoms with van der Waals surface area (Å²) < 4.78 is 43.9. The zero-order valence-corrected chi connectivity index (χ0v) is 10.1. The van der Waals surface area contributed by atoms with E-state index in [1.807, 2.05) is 6.92 Å². The monoisotopic (exact) mass is 261 g/mol. The van der Waals surface area contributed by atoms with Crippen LogP contribution < -0.4 is 5.32 Å². The molecule has 0 amide bonds. The van der Waals surface area contributed by atoms with Crippen LogP contribution in [0.5, 0.6) is 0 Å². The molecule has 1 unspecified atom stereocenters. The molecule has 0 aliphatic heterocycles. The summed E-state index contributed by atoms with van der Waals surface area (Å²) in [6.07, 6.45) is 0.693. The lowest BCUT2D eigenvalue weighted by Gasteiger charge is -2.17. The Morgan fingerprint density at radius 1 is 1.28 bits per heavy atom. The van der Waals surface area contributed by atoms with Gasteiger partial charge in [-0.1, -0.05) is 6.92 Å². The molecule has 0 aromatic heterocycles. The van der Waals surface area contributed by atoms with Crippen molar-refractivity contribution in [3.05, 3.63) is 35.1 Å². The molecule has 1 N–H and O–H groups in total. The molecule has 0 spiro atoms. The minimum Gasteiger partial charge on any atom is -0.468 e. The third-order valence-electron chi connectivity index (χ3n) is 2.39. The molecule has 18 heavy (non-hydrogen) atoms. The summed E-state index contributed by atoms with van der Waals surface area (Å²) in [5, 5.41) is 2.72. The second-order valence-electron chi connectivity index (χ2n) is 3.70. The van der Waals surface area contributed by atoms with Gasteiger partial charge in [-0.3, -0.25) is 0 Å². The van der Waals surface area contributed by atoms with Crippen LogP contribution in [0.25, 0.3) is 0 Å². The molecule has 0 radical (unpaired) electrons. The molecule has 3 nitrogen and oxygen atoms in total. The highest BCUT2D eigenvalue weighted by Crippen LogP contribution is 2.21. The molecule has 0 bridgehead atoms. The second kappa shape index (κ2) is 6.39. The highest BCUT2D eigenvalue weighted by molar-refractivity contribution is 5.77. The molecule has 0 saturated heterocycles. The van der Waals surface area contributed by atoms with E-state index < -0.39 is 29.5 Å². The summed E-state index contributed by atoms with van der Waals surface area (Å²) in [5.41, 5.74) is -0.269. The van der Waals surface area contributed by atoms with Crippen molar-refractivity contribution in [3.63, 3.8) is 0 Å². The quantitative estimate of drug-likeness (QED) is 0.653. The number of rotatable bonds is 5. The SMILES string of the molecule is CCCNC(C(=O)OC)c1cc(F)c(F)cc1F. The maximum Gasteiger partial charge on any atom is 0.327 e. The number of benzene rings is 1. The molecule has 0 saturated carbocycles. The van der Waals surface area contributed by atoms with Crippen LogP contribution in [0.4, 0.5) is 13.2 Å². The van der Waals surface area contributed by atoms with Gasteiger partial charge in [-0.25, -0.2) is 18.0 Å². The standard InChI is InChI=1S/C12H14F3NO2/c1-3-4-16-11(12(17)18-2)7-5-9(14)10(15)6-8(7)13/h5-6,11,16H,3-4H2,1-2H3. The number of carbonyl (C=O) groups is 1. The predicted octanol–water partition coefficient (Wildman–Crippen LogP) is 2.32. The Balaban J connectivity index is 3.11. The van der Waals surface area contributed by atoms with Crippen molar-refractivity contribution in [1.29, 1.82) is 0 Å². The summed E-state index contributed by atoms with van der Waals surface area (Å²) in [6.45, 7) is 2.27. The van der Waals surface area contributed by atoms with Gasteiger partial charge in [0.15, 0.2) is 11.6 Å². The molecule has 100 valence electrons. The van der Waals surface area contributed by atoms with E-state index in [1.54, 1.807) is 0 Å². The van der Waals surface area contributed by atoms with Gasteiger partial charge < -0.3 is 10.1 Å². The van der Waals surface area contributed by atoms with Crippen LogP contribution in [-0.4, -0.2) is 19.6 Å². The number of nitrogens with one attached hydrogen (secondary N) is 1. The molecule has 6 heteroatoms. The van der Waals surface area contributed by atoms with E-state index in [9.17, 15) is 18.0 Å². The maximum atomic E-state index is 13.6. The predicted molar refractivity (Wildman–Crippen MR) is 59.4 cm³/mol. The Bertz CT molecular complexity index is 438. The molecule has 1 atom stereocenters. The lowest BCUT2D eigenvalue weighted by molar-refractivity contribution is -0.143. The van der Waals surface area contributed by atoms with Gasteiger partial charge in [0.2, 0.25) is 0 Å². The van der Waals surface area contributed by atoms with Crippen LogP contribution in [0.1, 0.15) is 24.9 Å². The molecule has 0 aliphatic rings. The van der Waals surface area contributed by atoms with E-state index in [2.05, 4.69) is 10.1 Å². The van der Waals surface area contributed by atoms with E-state index in [-0.39, 0.29) is 5.56 Å². The fourth-order valence-corrected chi connectivity index (χ4v) is 1.49. The lowest BCUT2D eigenvalue weighted by atomic mass is 10.1. The van der Waals surface area contributed by atoms with Crippen LogP contribution >= 0.6 is 0 Å². The molecule has 1 aromatic rings. The summed E-state index contributed by atoms with van der Waals surface area (Å²) in [4.78, 5) is 11.5. The number of methoxy groups -OCH3 is 1. The Labute approximate surface area is 103 Å². The summed E-state index contributed by atoms with van der Waals surface area (Å²) in [5.74, 6) is -4.25. The van der Waals surface area contributed by atoms with Gasteiger partial charge in [0.05, 0.1) is 7.11 Å². The third-order valence-corrected chi connectivity index (χ3v) is 2.39. The van der Waals surface area contributed by atoms with Crippen molar-refractivity contribution in [3.8, 4) is 0 Å². The maximum absolute atomic E-state index is 13.6. The number of carbonyl (C=O) groups excluding carboxylic acids is 1. The van der Waals surface area contributed by atoms with E-state index >= 15 is 0 Å². The van der Waals surface area contributed by atoms with Crippen LogP contribution in [-0.2, 0) is 9.53 Å². The van der Waals surface area contributed by atoms with Gasteiger partial charge in [0, 0.05) is 11.6 Å². The first-order valence-electron chi connectivity index (χ1n) is 5.46. The van der Waals surface area contributed by atoms with Crippen molar-refractivity contribution >= 4 is 5.97 Å². The molecule has 0 heterocycles. The molecule has 0 fully saturated rings. The van der Waals surface area contributed by atoms with Crippen molar-refractivity contribution in [2.75, 3.05) is 13.7 Å². The van der Waals surface area contributed by atoms with E-state index in [0.717, 1.165) is 7.11 Å². The number of hydrogen-bond acceptors (Lipinski definition) is 3. The zero-order chi connectivity index (χ0) is 13.7. The molecule has 1 aromatic carbocycles. The first-order chi connectivity index (χ1) is 8.51. The number of esters is 1. The fourth-order valence-electron chi connectivity index (χ4n) is 1.49. The average molecular weight is 261 g/mol. The van der Waals surface area contributed by atoms with Crippen LogP contribution in [0.2, 0.25) is 0 Å². The fraction of sp³-hybridized carbons (Fsp3) is 0.417. The highest BCUT2D eigenvalue weighted by Gasteiger charge is 2.25. The summed E-state index contributed by atoms with van der Waals surface area (Å²) in [7, 11) is 1.14. The van der Waals surface area contributed by atoms with Gasteiger partial charge in [-0.15, -0.1) is 0 Å². The van der Waals surface area contributed by atoms with Crippen molar-refractivity contribution in [2.24, 2.45) is 0 Å². The van der Waals surface area contributed by atoms with Crippen molar-refractivity contribution < 1.29 is 22.7 Å². The smallest absolute Gasteiger partial charge is 0.327 e. The third kappa shape index (κ3) is 3.22. The normalized spacial score (nSPS) is 12.3. The Morgan fingerprint density at radius 2 is 1.89 bits per heavy atom. The Hall–Kier alpha value is -1.56. The first kappa shape index (κ1) is 14.5. The van der Waals surface area contributed by atoms with Gasteiger partial charge in [-0.05, 0) is 19.0 Å². The van der Waals surface area contributed by atoms with E-state index in [4.69, 9.17) is 0 Å². The Morgan fingerprint density at radius 3 is 2.44 bits per heavy atom. The van der Waals surface area contributed by atoms with Gasteiger partial charge in [0.25, 0.3) is 0 Å². The van der Waals surface area contributed by atoms with Gasteiger partial charge in [0.1, 0.15) is 11.9 Å². The van der Waals surface area contributed by atoms with Crippen LogP contribution in [0, 0.1) is 17.5 Å². The molecular weight excluding hydrogens is 247 g/mol. The molecule has 1 rings (SSSR count). The zero-order valence-electron chi connectivity index (χ0n) is 10.1. The largest absolute Gasteiger partial charge is 0.468 e. The number of halogens is 3.